The zero-order chi connectivity index (χ0) is 20.3. The van der Waals surface area contributed by atoms with Crippen LogP contribution in [0, 0.1) is 4.64 Å². The van der Waals surface area contributed by atoms with E-state index in [2.05, 4.69) is 20.9 Å². The van der Waals surface area contributed by atoms with Gasteiger partial charge in [-0.3, -0.25) is 23.9 Å². The number of nitrogens with zero attached hydrogens (tertiary/aromatic N) is 1. The third-order valence-corrected chi connectivity index (χ3v) is 4.72. The summed E-state index contributed by atoms with van der Waals surface area (Å²) in [7, 11) is 0. The summed E-state index contributed by atoms with van der Waals surface area (Å²) >= 11 is 8.18. The van der Waals surface area contributed by atoms with Gasteiger partial charge in [-0.25, -0.2) is 4.79 Å². The number of carbonyl (C=O) groups is 3. The van der Waals surface area contributed by atoms with Gasteiger partial charge in [-0.1, -0.05) is 12.2 Å². The monoisotopic (exact) mass is 464 g/mol. The number of rotatable bonds is 5. The van der Waals surface area contributed by atoms with Crippen molar-refractivity contribution < 1.29 is 33.3 Å². The Kier molecular flexibility index (Phi) is 6.89. The van der Waals surface area contributed by atoms with Crippen LogP contribution in [-0.4, -0.2) is 52.4 Å². The molecule has 1 aromatic heterocycles. The van der Waals surface area contributed by atoms with Crippen molar-refractivity contribution in [3.8, 4) is 0 Å². The summed E-state index contributed by atoms with van der Waals surface area (Å²) in [5.74, 6) is -1.90. The molecule has 0 radical (unpaired) electrons. The zero-order valence-corrected chi connectivity index (χ0v) is 17.0. The molecule has 1 aromatic rings. The Labute approximate surface area is 166 Å². The number of ether oxygens (including phenoxy) is 4. The number of halogens is 1. The normalized spacial score (nSPS) is 24.3. The molecular formula is C15H17BrN2O8S. The van der Waals surface area contributed by atoms with Gasteiger partial charge in [-0.15, -0.1) is 0 Å². The third-order valence-electron chi connectivity index (χ3n) is 3.54. The van der Waals surface area contributed by atoms with E-state index in [1.807, 2.05) is 0 Å². The summed E-state index contributed by atoms with van der Waals surface area (Å²) in [6, 6.07) is 0. The molecule has 0 aliphatic carbocycles. The number of carbonyl (C=O) groups excluding carboxylic acids is 3. The molecule has 12 heteroatoms. The Bertz CT molecular complexity index is 866. The van der Waals surface area contributed by atoms with Gasteiger partial charge in [-0.2, -0.15) is 0 Å². The van der Waals surface area contributed by atoms with E-state index in [1.165, 1.54) is 27.0 Å². The van der Waals surface area contributed by atoms with E-state index in [0.29, 0.717) is 4.47 Å². The summed E-state index contributed by atoms with van der Waals surface area (Å²) in [6.45, 7) is 3.28. The highest BCUT2D eigenvalue weighted by atomic mass is 79.9. The van der Waals surface area contributed by atoms with Crippen LogP contribution in [0.25, 0.3) is 0 Å². The average molecular weight is 465 g/mol. The van der Waals surface area contributed by atoms with Crippen LogP contribution in [0.1, 0.15) is 27.0 Å². The van der Waals surface area contributed by atoms with E-state index in [4.69, 9.17) is 31.2 Å². The number of hydrogen-bond acceptors (Lipinski definition) is 9. The second-order valence-electron chi connectivity index (χ2n) is 5.66. The SMILES string of the molecule is CC(=O)OC[C@H]1O[C@@H](n2cc(Br)c(=S)[nH]c2=O)[C@H](OC(C)=O)[C@@H]1OC(C)=O. The zero-order valence-electron chi connectivity index (χ0n) is 14.6. The van der Waals surface area contributed by atoms with Gasteiger partial charge in [0, 0.05) is 27.0 Å². The van der Waals surface area contributed by atoms with Crippen LogP contribution in [0.3, 0.4) is 0 Å². The Morgan fingerprint density at radius 1 is 1.19 bits per heavy atom. The van der Waals surface area contributed by atoms with E-state index in [0.717, 1.165) is 4.57 Å². The molecule has 0 saturated carbocycles. The second-order valence-corrected chi connectivity index (χ2v) is 6.92. The summed E-state index contributed by atoms with van der Waals surface area (Å²) in [6.07, 6.45) is -2.98. The van der Waals surface area contributed by atoms with E-state index >= 15 is 0 Å². The fourth-order valence-electron chi connectivity index (χ4n) is 2.57. The van der Waals surface area contributed by atoms with Crippen molar-refractivity contribution >= 4 is 46.1 Å². The minimum absolute atomic E-state index is 0.172. The van der Waals surface area contributed by atoms with E-state index in [1.54, 1.807) is 0 Å². The molecule has 4 atom stereocenters. The van der Waals surface area contributed by atoms with Crippen molar-refractivity contribution in [3.05, 3.63) is 25.8 Å². The summed E-state index contributed by atoms with van der Waals surface area (Å²) in [5.41, 5.74) is -0.625. The largest absolute Gasteiger partial charge is 0.463 e. The molecule has 1 saturated heterocycles. The third kappa shape index (κ3) is 5.23. The number of esters is 3. The lowest BCUT2D eigenvalue weighted by molar-refractivity contribution is -0.166. The smallest absolute Gasteiger partial charge is 0.328 e. The van der Waals surface area contributed by atoms with E-state index < -0.39 is 48.1 Å². The summed E-state index contributed by atoms with van der Waals surface area (Å²) in [4.78, 5) is 48.9. The minimum Gasteiger partial charge on any atom is -0.463 e. The Hall–Kier alpha value is -2.05. The van der Waals surface area contributed by atoms with Crippen LogP contribution in [0.4, 0.5) is 0 Å². The summed E-state index contributed by atoms with van der Waals surface area (Å²) < 4.78 is 22.8. The molecule has 0 amide bonds. The van der Waals surface area contributed by atoms with Crippen molar-refractivity contribution in [1.82, 2.24) is 9.55 Å². The molecule has 2 heterocycles. The van der Waals surface area contributed by atoms with Gasteiger partial charge >= 0.3 is 23.6 Å². The molecule has 27 heavy (non-hydrogen) atoms. The molecule has 1 fully saturated rings. The van der Waals surface area contributed by atoms with Crippen LogP contribution in [0.2, 0.25) is 0 Å². The maximum absolute atomic E-state index is 12.3. The highest BCUT2D eigenvalue weighted by Crippen LogP contribution is 2.34. The molecule has 0 spiro atoms. The highest BCUT2D eigenvalue weighted by molar-refractivity contribution is 9.10. The van der Waals surface area contributed by atoms with E-state index in [-0.39, 0.29) is 11.2 Å². The standard InChI is InChI=1S/C15H17BrN2O8S/c1-6(19)23-5-10-11(24-7(2)20)12(25-8(3)21)14(26-10)18-4-9(16)13(27)17-15(18)22/h4,10-12,14H,5H2,1-3H3,(H,17,22,27)/t10-,11-,12-,14-/m1/s1. The lowest BCUT2D eigenvalue weighted by atomic mass is 10.1. The number of H-pyrrole nitrogens is 1. The maximum Gasteiger partial charge on any atom is 0.328 e. The maximum atomic E-state index is 12.3. The quantitative estimate of drug-likeness (QED) is 0.385. The van der Waals surface area contributed by atoms with Crippen LogP contribution in [-0.2, 0) is 33.3 Å². The van der Waals surface area contributed by atoms with Crippen LogP contribution >= 0.6 is 28.1 Å². The first kappa shape index (κ1) is 21.3. The lowest BCUT2D eigenvalue weighted by Gasteiger charge is -2.24. The first-order chi connectivity index (χ1) is 12.6. The number of aromatic amines is 1. The second kappa shape index (κ2) is 8.76. The first-order valence-corrected chi connectivity index (χ1v) is 8.94. The van der Waals surface area contributed by atoms with Gasteiger partial charge in [0.2, 0.25) is 0 Å². The Morgan fingerprint density at radius 3 is 2.33 bits per heavy atom. The van der Waals surface area contributed by atoms with Gasteiger partial charge in [0.15, 0.2) is 18.4 Å². The van der Waals surface area contributed by atoms with Crippen LogP contribution in [0.5, 0.6) is 0 Å². The molecule has 10 nitrogen and oxygen atoms in total. The lowest BCUT2D eigenvalue weighted by Crippen LogP contribution is -2.41. The van der Waals surface area contributed by atoms with Crippen LogP contribution in [0.15, 0.2) is 15.5 Å². The van der Waals surface area contributed by atoms with Crippen molar-refractivity contribution in [2.75, 3.05) is 6.61 Å². The van der Waals surface area contributed by atoms with Gasteiger partial charge in [0.25, 0.3) is 0 Å². The van der Waals surface area contributed by atoms with Crippen molar-refractivity contribution in [2.24, 2.45) is 0 Å². The molecular weight excluding hydrogens is 448 g/mol. The molecule has 2 rings (SSSR count). The number of hydrogen-bond donors (Lipinski definition) is 1. The predicted octanol–water partition coefficient (Wildman–Crippen LogP) is 0.992. The van der Waals surface area contributed by atoms with Crippen molar-refractivity contribution in [3.63, 3.8) is 0 Å². The topological polar surface area (TPSA) is 126 Å². The van der Waals surface area contributed by atoms with E-state index in [9.17, 15) is 19.2 Å². The first-order valence-electron chi connectivity index (χ1n) is 7.74. The predicted molar refractivity (Wildman–Crippen MR) is 95.2 cm³/mol. The molecule has 0 aromatic carbocycles. The summed E-state index contributed by atoms with van der Waals surface area (Å²) in [5, 5.41) is 0. The van der Waals surface area contributed by atoms with Crippen LogP contribution < -0.4 is 5.69 Å². The molecule has 0 unspecified atom stereocenters. The number of aromatic nitrogens is 2. The Morgan fingerprint density at radius 2 is 1.78 bits per heavy atom. The number of nitrogens with one attached hydrogen (secondary N) is 1. The fraction of sp³-hybridized carbons (Fsp3) is 0.533. The molecule has 1 aliphatic heterocycles. The minimum atomic E-state index is -1.15. The Balaban J connectivity index is 2.47. The van der Waals surface area contributed by atoms with Crippen molar-refractivity contribution in [1.29, 1.82) is 0 Å². The fourth-order valence-corrected chi connectivity index (χ4v) is 3.03. The van der Waals surface area contributed by atoms with Gasteiger partial charge in [-0.05, 0) is 15.9 Å². The highest BCUT2D eigenvalue weighted by Gasteiger charge is 2.50. The average Bonchev–Trinajstić information content (AvgIpc) is 2.85. The van der Waals surface area contributed by atoms with Gasteiger partial charge in [0.1, 0.15) is 17.4 Å². The molecule has 148 valence electrons. The molecule has 1 aliphatic rings. The van der Waals surface area contributed by atoms with Gasteiger partial charge in [0.05, 0.1) is 4.47 Å². The molecule has 0 bridgehead atoms. The van der Waals surface area contributed by atoms with Crippen molar-refractivity contribution in [2.45, 2.75) is 45.3 Å². The van der Waals surface area contributed by atoms with Gasteiger partial charge < -0.3 is 18.9 Å². The molecule has 1 N–H and O–H groups in total.